The van der Waals surface area contributed by atoms with E-state index in [0.29, 0.717) is 0 Å². The quantitative estimate of drug-likeness (QED) is 0.530. The average Bonchev–Trinajstić information content (AvgIpc) is 2.69. The molecular formula is C9H18N. The summed E-state index contributed by atoms with van der Waals surface area (Å²) in [4.78, 5) is 2.26. The van der Waals surface area contributed by atoms with Gasteiger partial charge in [0.2, 0.25) is 0 Å². The summed E-state index contributed by atoms with van der Waals surface area (Å²) in [6.45, 7) is 3.45. The molecule has 0 aromatic rings. The molecular weight excluding hydrogens is 122 g/mol. The van der Waals surface area contributed by atoms with E-state index in [2.05, 4.69) is 18.9 Å². The van der Waals surface area contributed by atoms with Crippen LogP contribution in [-0.4, -0.2) is 17.5 Å². The van der Waals surface area contributed by atoms with Gasteiger partial charge in [-0.25, -0.2) is 0 Å². The normalized spacial score (nSPS) is 18.3. The summed E-state index contributed by atoms with van der Waals surface area (Å²) in [5.74, 6) is 0. The topological polar surface area (TPSA) is 3.24 Å². The molecule has 1 aliphatic carbocycles. The van der Waals surface area contributed by atoms with Gasteiger partial charge >= 0.3 is 0 Å². The number of hydrogen-bond donors (Lipinski definition) is 0. The standard InChI is InChI=1S/C9H18N/c1-3-4-5-8-10(2)9-6-7-9/h9H,2-8H2,1H3. The maximum atomic E-state index is 4.01. The Balaban J connectivity index is 1.90. The van der Waals surface area contributed by atoms with E-state index >= 15 is 0 Å². The van der Waals surface area contributed by atoms with Crippen molar-refractivity contribution in [2.24, 2.45) is 0 Å². The molecule has 0 amide bonds. The predicted octanol–water partition coefficient (Wildman–Crippen LogP) is 2.43. The van der Waals surface area contributed by atoms with Crippen LogP contribution in [-0.2, 0) is 0 Å². The van der Waals surface area contributed by atoms with E-state index in [1.54, 1.807) is 0 Å². The summed E-state index contributed by atoms with van der Waals surface area (Å²) in [6, 6.07) is 0.844. The van der Waals surface area contributed by atoms with E-state index in [1.807, 2.05) is 0 Å². The third-order valence-electron chi connectivity index (χ3n) is 2.11. The maximum Gasteiger partial charge on any atom is 0.0112 e. The average molecular weight is 140 g/mol. The van der Waals surface area contributed by atoms with Crippen molar-refractivity contribution in [2.75, 3.05) is 6.54 Å². The Hall–Kier alpha value is -0.0400. The fourth-order valence-electron chi connectivity index (χ4n) is 1.19. The highest BCUT2D eigenvalue weighted by Crippen LogP contribution is 2.25. The van der Waals surface area contributed by atoms with Crippen LogP contribution in [0.5, 0.6) is 0 Å². The molecule has 0 N–H and O–H groups in total. The van der Waals surface area contributed by atoms with Gasteiger partial charge < -0.3 is 0 Å². The summed E-state index contributed by atoms with van der Waals surface area (Å²) in [5.41, 5.74) is 0. The van der Waals surface area contributed by atoms with E-state index in [0.717, 1.165) is 6.04 Å². The summed E-state index contributed by atoms with van der Waals surface area (Å²) >= 11 is 0. The highest BCUT2D eigenvalue weighted by Gasteiger charge is 2.25. The first kappa shape index (κ1) is 8.06. The lowest BCUT2D eigenvalue weighted by Crippen LogP contribution is -2.19. The van der Waals surface area contributed by atoms with Gasteiger partial charge in [0.05, 0.1) is 0 Å². The third kappa shape index (κ3) is 2.70. The first-order valence-electron chi connectivity index (χ1n) is 4.41. The van der Waals surface area contributed by atoms with Crippen molar-refractivity contribution in [3.8, 4) is 0 Å². The Bertz CT molecular complexity index is 86.7. The minimum atomic E-state index is 0.844. The lowest BCUT2D eigenvalue weighted by atomic mass is 10.2. The number of unbranched alkanes of at least 4 members (excludes halogenated alkanes) is 2. The van der Waals surface area contributed by atoms with Crippen LogP contribution in [0.3, 0.4) is 0 Å². The first-order chi connectivity index (χ1) is 4.84. The van der Waals surface area contributed by atoms with Crippen molar-refractivity contribution in [1.82, 2.24) is 4.90 Å². The molecule has 1 nitrogen and oxygen atoms in total. The van der Waals surface area contributed by atoms with Crippen LogP contribution in [0.15, 0.2) is 0 Å². The lowest BCUT2D eigenvalue weighted by molar-refractivity contribution is 0.349. The number of hydrogen-bond acceptors (Lipinski definition) is 1. The molecule has 0 atom stereocenters. The molecule has 0 aromatic heterocycles. The molecule has 1 fully saturated rings. The molecule has 1 radical (unpaired) electrons. The van der Waals surface area contributed by atoms with Crippen LogP contribution in [0.2, 0.25) is 0 Å². The van der Waals surface area contributed by atoms with Gasteiger partial charge in [-0.15, -0.1) is 0 Å². The van der Waals surface area contributed by atoms with Crippen molar-refractivity contribution >= 4 is 0 Å². The van der Waals surface area contributed by atoms with E-state index < -0.39 is 0 Å². The van der Waals surface area contributed by atoms with Crippen molar-refractivity contribution in [3.63, 3.8) is 0 Å². The van der Waals surface area contributed by atoms with Crippen LogP contribution in [0, 0.1) is 7.05 Å². The molecule has 1 rings (SSSR count). The monoisotopic (exact) mass is 140 g/mol. The molecule has 0 saturated heterocycles. The Morgan fingerprint density at radius 2 is 2.10 bits per heavy atom. The summed E-state index contributed by atoms with van der Waals surface area (Å²) in [6.07, 6.45) is 6.78. The molecule has 0 heterocycles. The molecule has 59 valence electrons. The van der Waals surface area contributed by atoms with E-state index in [1.165, 1.54) is 38.6 Å². The van der Waals surface area contributed by atoms with Crippen LogP contribution < -0.4 is 0 Å². The van der Waals surface area contributed by atoms with Crippen molar-refractivity contribution in [1.29, 1.82) is 0 Å². The molecule has 1 heteroatoms. The number of nitrogens with zero attached hydrogens (tertiary/aromatic N) is 1. The molecule has 10 heavy (non-hydrogen) atoms. The van der Waals surface area contributed by atoms with Gasteiger partial charge in [0.15, 0.2) is 0 Å². The maximum absolute atomic E-state index is 4.01. The van der Waals surface area contributed by atoms with E-state index in [9.17, 15) is 0 Å². The minimum Gasteiger partial charge on any atom is -0.299 e. The Morgan fingerprint density at radius 3 is 2.60 bits per heavy atom. The van der Waals surface area contributed by atoms with Gasteiger partial charge in [-0.3, -0.25) is 4.90 Å². The predicted molar refractivity (Wildman–Crippen MR) is 44.6 cm³/mol. The minimum absolute atomic E-state index is 0.844. The van der Waals surface area contributed by atoms with Gasteiger partial charge in [-0.05, 0) is 25.8 Å². The smallest absolute Gasteiger partial charge is 0.0112 e. The summed E-state index contributed by atoms with van der Waals surface area (Å²) in [7, 11) is 4.01. The highest BCUT2D eigenvalue weighted by molar-refractivity contribution is 4.83. The lowest BCUT2D eigenvalue weighted by Gasteiger charge is -2.13. The van der Waals surface area contributed by atoms with E-state index in [4.69, 9.17) is 0 Å². The van der Waals surface area contributed by atoms with Crippen molar-refractivity contribution in [2.45, 2.75) is 45.1 Å². The van der Waals surface area contributed by atoms with E-state index in [-0.39, 0.29) is 0 Å². The molecule has 0 aromatic carbocycles. The van der Waals surface area contributed by atoms with Crippen LogP contribution in [0.1, 0.15) is 39.0 Å². The zero-order chi connectivity index (χ0) is 7.40. The molecule has 0 spiro atoms. The van der Waals surface area contributed by atoms with Gasteiger partial charge in [0.25, 0.3) is 0 Å². The fraction of sp³-hybridized carbons (Fsp3) is 0.889. The zero-order valence-electron chi connectivity index (χ0n) is 6.97. The highest BCUT2D eigenvalue weighted by atomic mass is 15.1. The Labute approximate surface area is 64.4 Å². The second kappa shape index (κ2) is 3.97. The summed E-state index contributed by atoms with van der Waals surface area (Å²) < 4.78 is 0. The van der Waals surface area contributed by atoms with Crippen molar-refractivity contribution < 1.29 is 0 Å². The Kier molecular flexibility index (Phi) is 3.20. The zero-order valence-corrected chi connectivity index (χ0v) is 6.97. The third-order valence-corrected chi connectivity index (χ3v) is 2.11. The number of rotatable bonds is 5. The van der Waals surface area contributed by atoms with Crippen LogP contribution >= 0.6 is 0 Å². The van der Waals surface area contributed by atoms with Crippen LogP contribution in [0.25, 0.3) is 0 Å². The second-order valence-corrected chi connectivity index (χ2v) is 3.25. The van der Waals surface area contributed by atoms with Gasteiger partial charge in [0, 0.05) is 13.1 Å². The largest absolute Gasteiger partial charge is 0.299 e. The fourth-order valence-corrected chi connectivity index (χ4v) is 1.19. The SMILES string of the molecule is [CH2]N(CCCCC)C1CC1. The van der Waals surface area contributed by atoms with Gasteiger partial charge in [-0.2, -0.15) is 0 Å². The molecule has 1 saturated carbocycles. The first-order valence-corrected chi connectivity index (χ1v) is 4.41. The second-order valence-electron chi connectivity index (χ2n) is 3.25. The Morgan fingerprint density at radius 1 is 1.40 bits per heavy atom. The molecule has 1 aliphatic rings. The van der Waals surface area contributed by atoms with Gasteiger partial charge in [0.1, 0.15) is 0 Å². The van der Waals surface area contributed by atoms with Crippen molar-refractivity contribution in [3.05, 3.63) is 7.05 Å². The molecule has 0 bridgehead atoms. The summed E-state index contributed by atoms with van der Waals surface area (Å²) in [5, 5.41) is 0. The molecule has 0 aliphatic heterocycles. The van der Waals surface area contributed by atoms with Gasteiger partial charge in [-0.1, -0.05) is 19.8 Å². The molecule has 0 unspecified atom stereocenters. The van der Waals surface area contributed by atoms with Crippen LogP contribution in [0.4, 0.5) is 0 Å².